The van der Waals surface area contributed by atoms with Crippen molar-refractivity contribution in [1.82, 2.24) is 0 Å². The fraction of sp³-hybridized carbons (Fsp3) is 1.00. The Morgan fingerprint density at radius 3 is 1.64 bits per heavy atom. The van der Waals surface area contributed by atoms with E-state index in [2.05, 4.69) is 0 Å². The lowest BCUT2D eigenvalue weighted by Crippen LogP contribution is -2.31. The molecule has 14 heavy (non-hydrogen) atoms. The van der Waals surface area contributed by atoms with Gasteiger partial charge in [0.25, 0.3) is 0 Å². The molecule has 2 rings (SSSR count). The lowest BCUT2D eigenvalue weighted by Gasteiger charge is -2.28. The molecule has 0 heterocycles. The number of rotatable bonds is 1. The van der Waals surface area contributed by atoms with Crippen LogP contribution in [0.3, 0.4) is 0 Å². The molecule has 2 fully saturated rings. The van der Waals surface area contributed by atoms with Gasteiger partial charge in [-0.3, -0.25) is 0 Å². The zero-order valence-corrected chi connectivity index (χ0v) is 8.86. The summed E-state index contributed by atoms with van der Waals surface area (Å²) in [5.41, 5.74) is 0. The van der Waals surface area contributed by atoms with Crippen molar-refractivity contribution in [3.05, 3.63) is 0 Å². The van der Waals surface area contributed by atoms with Gasteiger partial charge in [-0.1, -0.05) is 25.7 Å². The second-order valence-corrected chi connectivity index (χ2v) is 5.03. The number of aliphatic hydroxyl groups excluding tert-OH is 2. The van der Waals surface area contributed by atoms with Gasteiger partial charge in [0.05, 0.1) is 12.2 Å². The zero-order valence-electron chi connectivity index (χ0n) is 8.86. The van der Waals surface area contributed by atoms with Gasteiger partial charge in [0.2, 0.25) is 0 Å². The molecule has 0 spiro atoms. The SMILES string of the molecule is OC1CCCCCC1C1CCCC1O. The van der Waals surface area contributed by atoms with Crippen LogP contribution in [-0.2, 0) is 0 Å². The van der Waals surface area contributed by atoms with Crippen LogP contribution in [-0.4, -0.2) is 22.4 Å². The molecule has 0 bridgehead atoms. The van der Waals surface area contributed by atoms with Crippen LogP contribution in [0, 0.1) is 11.8 Å². The minimum Gasteiger partial charge on any atom is -0.393 e. The summed E-state index contributed by atoms with van der Waals surface area (Å²) >= 11 is 0. The van der Waals surface area contributed by atoms with Crippen molar-refractivity contribution in [2.45, 2.75) is 63.6 Å². The van der Waals surface area contributed by atoms with E-state index in [9.17, 15) is 10.2 Å². The minimum absolute atomic E-state index is 0.132. The zero-order chi connectivity index (χ0) is 9.97. The van der Waals surface area contributed by atoms with Crippen molar-refractivity contribution >= 4 is 0 Å². The number of hydrogen-bond acceptors (Lipinski definition) is 2. The Hall–Kier alpha value is -0.0800. The Morgan fingerprint density at radius 1 is 0.571 bits per heavy atom. The van der Waals surface area contributed by atoms with Crippen molar-refractivity contribution < 1.29 is 10.2 Å². The molecule has 4 atom stereocenters. The maximum Gasteiger partial charge on any atom is 0.0572 e. The fourth-order valence-corrected chi connectivity index (χ4v) is 3.28. The summed E-state index contributed by atoms with van der Waals surface area (Å²) in [7, 11) is 0. The Kier molecular flexibility index (Phi) is 3.45. The standard InChI is InChI=1S/C12H22O2/c13-11-7-3-1-2-5-9(11)10-6-4-8-12(10)14/h9-14H,1-8H2. The first-order valence-corrected chi connectivity index (χ1v) is 6.15. The van der Waals surface area contributed by atoms with E-state index in [1.165, 1.54) is 19.3 Å². The van der Waals surface area contributed by atoms with Gasteiger partial charge in [-0.15, -0.1) is 0 Å². The van der Waals surface area contributed by atoms with Crippen molar-refractivity contribution in [2.75, 3.05) is 0 Å². The smallest absolute Gasteiger partial charge is 0.0572 e. The second kappa shape index (κ2) is 4.63. The second-order valence-electron chi connectivity index (χ2n) is 5.03. The third-order valence-corrected chi connectivity index (χ3v) is 4.11. The molecule has 2 aliphatic rings. The van der Waals surface area contributed by atoms with Crippen LogP contribution >= 0.6 is 0 Å². The van der Waals surface area contributed by atoms with Crippen LogP contribution in [0.15, 0.2) is 0 Å². The van der Waals surface area contributed by atoms with Crippen LogP contribution < -0.4 is 0 Å². The summed E-state index contributed by atoms with van der Waals surface area (Å²) in [6.45, 7) is 0. The average Bonchev–Trinajstić information content (AvgIpc) is 2.46. The predicted octanol–water partition coefficient (Wildman–Crippen LogP) is 2.09. The molecular formula is C12H22O2. The first-order chi connectivity index (χ1) is 6.79. The molecule has 0 aromatic heterocycles. The topological polar surface area (TPSA) is 40.5 Å². The average molecular weight is 198 g/mol. The molecule has 0 aromatic carbocycles. The highest BCUT2D eigenvalue weighted by atomic mass is 16.3. The van der Waals surface area contributed by atoms with Crippen LogP contribution in [0.4, 0.5) is 0 Å². The van der Waals surface area contributed by atoms with Crippen LogP contribution in [0.1, 0.15) is 51.4 Å². The lowest BCUT2D eigenvalue weighted by molar-refractivity contribution is 0.0186. The highest BCUT2D eigenvalue weighted by Crippen LogP contribution is 2.38. The molecule has 0 saturated heterocycles. The Labute approximate surface area is 86.3 Å². The van der Waals surface area contributed by atoms with E-state index in [4.69, 9.17) is 0 Å². The van der Waals surface area contributed by atoms with Crippen molar-refractivity contribution in [1.29, 1.82) is 0 Å². The Morgan fingerprint density at radius 2 is 1.07 bits per heavy atom. The van der Waals surface area contributed by atoms with Crippen LogP contribution in [0.2, 0.25) is 0 Å². The van der Waals surface area contributed by atoms with Crippen molar-refractivity contribution in [3.8, 4) is 0 Å². The summed E-state index contributed by atoms with van der Waals surface area (Å²) < 4.78 is 0. The molecule has 82 valence electrons. The van der Waals surface area contributed by atoms with Crippen molar-refractivity contribution in [2.24, 2.45) is 11.8 Å². The summed E-state index contributed by atoms with van der Waals surface area (Å²) in [6.07, 6.45) is 8.70. The van der Waals surface area contributed by atoms with Crippen molar-refractivity contribution in [3.63, 3.8) is 0 Å². The largest absolute Gasteiger partial charge is 0.393 e. The monoisotopic (exact) mass is 198 g/mol. The molecule has 0 radical (unpaired) electrons. The molecule has 2 aliphatic carbocycles. The van der Waals surface area contributed by atoms with E-state index in [1.54, 1.807) is 0 Å². The van der Waals surface area contributed by atoms with Gasteiger partial charge in [-0.2, -0.15) is 0 Å². The van der Waals surface area contributed by atoms with E-state index in [0.717, 1.165) is 32.1 Å². The summed E-state index contributed by atoms with van der Waals surface area (Å²) in [5, 5.41) is 19.9. The van der Waals surface area contributed by atoms with Gasteiger partial charge in [0.1, 0.15) is 0 Å². The van der Waals surface area contributed by atoms with Gasteiger partial charge >= 0.3 is 0 Å². The molecule has 2 N–H and O–H groups in total. The quantitative estimate of drug-likeness (QED) is 0.633. The van der Waals surface area contributed by atoms with Gasteiger partial charge < -0.3 is 10.2 Å². The third kappa shape index (κ3) is 2.12. The molecule has 2 nitrogen and oxygen atoms in total. The molecule has 2 saturated carbocycles. The summed E-state index contributed by atoms with van der Waals surface area (Å²) in [4.78, 5) is 0. The Balaban J connectivity index is 1.99. The summed E-state index contributed by atoms with van der Waals surface area (Å²) in [6, 6.07) is 0. The number of hydrogen-bond donors (Lipinski definition) is 2. The minimum atomic E-state index is -0.143. The van der Waals surface area contributed by atoms with Gasteiger partial charge in [0, 0.05) is 0 Å². The maximum atomic E-state index is 10.0. The molecule has 2 heteroatoms. The van der Waals surface area contributed by atoms with E-state index in [0.29, 0.717) is 11.8 Å². The predicted molar refractivity (Wildman–Crippen MR) is 55.9 cm³/mol. The van der Waals surface area contributed by atoms with E-state index in [-0.39, 0.29) is 12.2 Å². The molecule has 0 aromatic rings. The summed E-state index contributed by atoms with van der Waals surface area (Å²) in [5.74, 6) is 0.776. The number of aliphatic hydroxyl groups is 2. The van der Waals surface area contributed by atoms with Crippen LogP contribution in [0.25, 0.3) is 0 Å². The maximum absolute atomic E-state index is 10.0. The molecule has 0 amide bonds. The Bertz CT molecular complexity index is 181. The van der Waals surface area contributed by atoms with E-state index >= 15 is 0 Å². The first-order valence-electron chi connectivity index (χ1n) is 6.15. The van der Waals surface area contributed by atoms with Crippen LogP contribution in [0.5, 0.6) is 0 Å². The lowest BCUT2D eigenvalue weighted by atomic mass is 9.82. The highest BCUT2D eigenvalue weighted by Gasteiger charge is 2.36. The fourth-order valence-electron chi connectivity index (χ4n) is 3.28. The molecule has 0 aliphatic heterocycles. The highest BCUT2D eigenvalue weighted by molar-refractivity contribution is 4.87. The first kappa shape index (κ1) is 10.4. The third-order valence-electron chi connectivity index (χ3n) is 4.11. The van der Waals surface area contributed by atoms with Gasteiger partial charge in [-0.25, -0.2) is 0 Å². The van der Waals surface area contributed by atoms with E-state index < -0.39 is 0 Å². The van der Waals surface area contributed by atoms with Gasteiger partial charge in [0.15, 0.2) is 0 Å². The normalized spacial score (nSPS) is 45.0. The molecule has 4 unspecified atom stereocenters. The molecular weight excluding hydrogens is 176 g/mol. The van der Waals surface area contributed by atoms with Gasteiger partial charge in [-0.05, 0) is 37.5 Å². The van der Waals surface area contributed by atoms with E-state index in [1.807, 2.05) is 0 Å².